The van der Waals surface area contributed by atoms with Crippen LogP contribution in [0.3, 0.4) is 0 Å². The maximum atomic E-state index is 13.8. The van der Waals surface area contributed by atoms with Crippen LogP contribution in [0, 0.1) is 5.92 Å². The SMILES string of the molecule is CNC(=O)c1ccc(-n2c(=O)n(C[C@H]3CC[C@H](NC(=O)c4cc(Cl)cnc4C(F)F)CC3)c3cc(OC)ccc32)cn1. The number of benzene rings is 1. The monoisotopic (exact) mass is 598 g/mol. The summed E-state index contributed by atoms with van der Waals surface area (Å²) < 4.78 is 35.4. The molecule has 0 atom stereocenters. The van der Waals surface area contributed by atoms with Gasteiger partial charge in [0, 0.05) is 31.9 Å². The standard InChI is InChI=1S/C29H29ClF2N6O4/c1-33-28(40)22-9-7-19(14-34-22)38-23-10-8-20(42-2)12-24(23)37(29(38)41)15-16-3-5-18(6-4-16)36-27(39)21-11-17(30)13-35-25(21)26(31)32/h7-14,16,18,26H,3-6,15H2,1-2H3,(H,33,40)(H,36,39)/t16-,18-. The second-order valence-electron chi connectivity index (χ2n) is 10.1. The molecule has 3 aromatic heterocycles. The van der Waals surface area contributed by atoms with Crippen molar-refractivity contribution in [3.63, 3.8) is 0 Å². The van der Waals surface area contributed by atoms with Crippen molar-refractivity contribution in [1.82, 2.24) is 29.7 Å². The molecule has 3 heterocycles. The van der Waals surface area contributed by atoms with Gasteiger partial charge in [0.1, 0.15) is 17.1 Å². The zero-order chi connectivity index (χ0) is 30.0. The van der Waals surface area contributed by atoms with E-state index in [9.17, 15) is 23.2 Å². The van der Waals surface area contributed by atoms with E-state index in [1.807, 2.05) is 12.1 Å². The molecule has 2 N–H and O–H groups in total. The van der Waals surface area contributed by atoms with Crippen molar-refractivity contribution in [3.8, 4) is 11.4 Å². The average Bonchev–Trinajstić information content (AvgIpc) is 3.27. The number of amides is 2. The number of carbonyl (C=O) groups excluding carboxylic acids is 2. The molecule has 1 aromatic carbocycles. The van der Waals surface area contributed by atoms with E-state index >= 15 is 0 Å². The summed E-state index contributed by atoms with van der Waals surface area (Å²) in [6, 6.07) is 9.63. The number of pyridine rings is 2. The van der Waals surface area contributed by atoms with Gasteiger partial charge in [-0.15, -0.1) is 0 Å². The topological polar surface area (TPSA) is 120 Å². The fraction of sp³-hybridized carbons (Fsp3) is 0.345. The first-order valence-electron chi connectivity index (χ1n) is 13.4. The van der Waals surface area contributed by atoms with E-state index in [0.717, 1.165) is 6.20 Å². The van der Waals surface area contributed by atoms with Crippen LogP contribution in [-0.4, -0.2) is 51.1 Å². The first-order valence-corrected chi connectivity index (χ1v) is 13.8. The largest absolute Gasteiger partial charge is 0.497 e. The number of alkyl halides is 2. The summed E-state index contributed by atoms with van der Waals surface area (Å²) in [6.07, 6.45) is 2.35. The molecule has 1 aliphatic carbocycles. The number of halogens is 3. The lowest BCUT2D eigenvalue weighted by atomic mass is 9.85. The number of aromatic nitrogens is 4. The molecule has 0 radical (unpaired) electrons. The van der Waals surface area contributed by atoms with Gasteiger partial charge in [-0.1, -0.05) is 11.6 Å². The number of ether oxygens (including phenoxy) is 1. The minimum absolute atomic E-state index is 0.104. The smallest absolute Gasteiger partial charge is 0.333 e. The predicted molar refractivity (Wildman–Crippen MR) is 153 cm³/mol. The molecule has 2 amide bonds. The van der Waals surface area contributed by atoms with Crippen LogP contribution in [0.25, 0.3) is 16.7 Å². The van der Waals surface area contributed by atoms with Crippen molar-refractivity contribution in [3.05, 3.63) is 81.3 Å². The first kappa shape index (κ1) is 29.2. The molecule has 13 heteroatoms. The van der Waals surface area contributed by atoms with Crippen LogP contribution in [-0.2, 0) is 6.54 Å². The Bertz CT molecular complexity index is 1680. The van der Waals surface area contributed by atoms with Gasteiger partial charge < -0.3 is 15.4 Å². The summed E-state index contributed by atoms with van der Waals surface area (Å²) in [5.74, 6) is -0.219. The van der Waals surface area contributed by atoms with Gasteiger partial charge >= 0.3 is 5.69 Å². The van der Waals surface area contributed by atoms with Crippen LogP contribution in [0.2, 0.25) is 5.02 Å². The van der Waals surface area contributed by atoms with E-state index in [1.165, 1.54) is 19.3 Å². The second-order valence-corrected chi connectivity index (χ2v) is 10.6. The van der Waals surface area contributed by atoms with Crippen LogP contribution in [0.5, 0.6) is 5.75 Å². The van der Waals surface area contributed by atoms with Crippen molar-refractivity contribution < 1.29 is 23.1 Å². The average molecular weight is 599 g/mol. The molecular formula is C29H29ClF2N6O4. The molecule has 42 heavy (non-hydrogen) atoms. The maximum absolute atomic E-state index is 13.8. The lowest BCUT2D eigenvalue weighted by Gasteiger charge is -2.29. The lowest BCUT2D eigenvalue weighted by Crippen LogP contribution is -2.39. The quantitative estimate of drug-likeness (QED) is 0.307. The molecule has 1 aliphatic rings. The van der Waals surface area contributed by atoms with Crippen molar-refractivity contribution in [1.29, 1.82) is 0 Å². The zero-order valence-electron chi connectivity index (χ0n) is 22.9. The van der Waals surface area contributed by atoms with Gasteiger partial charge in [0.05, 0.1) is 40.6 Å². The highest BCUT2D eigenvalue weighted by Gasteiger charge is 2.27. The van der Waals surface area contributed by atoms with E-state index in [4.69, 9.17) is 16.3 Å². The number of fused-ring (bicyclic) bond motifs is 1. The molecule has 220 valence electrons. The Morgan fingerprint density at radius 1 is 1.05 bits per heavy atom. The van der Waals surface area contributed by atoms with Gasteiger partial charge in [0.15, 0.2) is 0 Å². The molecular weight excluding hydrogens is 570 g/mol. The molecule has 0 bridgehead atoms. The molecule has 0 unspecified atom stereocenters. The fourth-order valence-corrected chi connectivity index (χ4v) is 5.54. The first-order chi connectivity index (χ1) is 20.2. The molecule has 0 saturated heterocycles. The Hall–Kier alpha value is -4.32. The summed E-state index contributed by atoms with van der Waals surface area (Å²) in [5.41, 5.74) is 1.03. The molecule has 5 rings (SSSR count). The second kappa shape index (κ2) is 12.3. The van der Waals surface area contributed by atoms with Gasteiger partial charge in [-0.05, 0) is 61.9 Å². The number of rotatable bonds is 8. The van der Waals surface area contributed by atoms with Crippen molar-refractivity contribution in [2.75, 3.05) is 14.2 Å². The Morgan fingerprint density at radius 2 is 1.81 bits per heavy atom. The number of methoxy groups -OCH3 is 1. The number of nitrogens with one attached hydrogen (secondary N) is 2. The minimum Gasteiger partial charge on any atom is -0.497 e. The summed E-state index contributed by atoms with van der Waals surface area (Å²) in [6.45, 7) is 0.438. The van der Waals surface area contributed by atoms with Crippen LogP contribution < -0.4 is 21.1 Å². The minimum atomic E-state index is -2.90. The van der Waals surface area contributed by atoms with E-state index in [-0.39, 0.29) is 39.8 Å². The summed E-state index contributed by atoms with van der Waals surface area (Å²) in [4.78, 5) is 46.3. The number of carbonyl (C=O) groups is 2. The number of imidazole rings is 1. The Kier molecular flexibility index (Phi) is 8.53. The Balaban J connectivity index is 1.34. The van der Waals surface area contributed by atoms with Crippen LogP contribution in [0.4, 0.5) is 8.78 Å². The van der Waals surface area contributed by atoms with E-state index in [1.54, 1.807) is 34.4 Å². The fourth-order valence-electron chi connectivity index (χ4n) is 5.39. The number of hydrogen-bond acceptors (Lipinski definition) is 6. The highest BCUT2D eigenvalue weighted by molar-refractivity contribution is 6.30. The summed E-state index contributed by atoms with van der Waals surface area (Å²) in [7, 11) is 3.08. The molecule has 4 aromatic rings. The number of nitrogens with zero attached hydrogens (tertiary/aromatic N) is 4. The number of hydrogen-bond donors (Lipinski definition) is 2. The highest BCUT2D eigenvalue weighted by atomic mass is 35.5. The highest BCUT2D eigenvalue weighted by Crippen LogP contribution is 2.30. The van der Waals surface area contributed by atoms with E-state index in [0.29, 0.717) is 54.7 Å². The van der Waals surface area contributed by atoms with Gasteiger partial charge in [-0.25, -0.2) is 18.6 Å². The van der Waals surface area contributed by atoms with Gasteiger partial charge in [0.25, 0.3) is 18.2 Å². The van der Waals surface area contributed by atoms with Gasteiger partial charge in [0.2, 0.25) is 0 Å². The van der Waals surface area contributed by atoms with Gasteiger partial charge in [-0.3, -0.25) is 23.7 Å². The van der Waals surface area contributed by atoms with Crippen LogP contribution in [0.1, 0.15) is 58.6 Å². The molecule has 10 nitrogen and oxygen atoms in total. The van der Waals surface area contributed by atoms with Crippen LogP contribution >= 0.6 is 11.6 Å². The molecule has 1 fully saturated rings. The molecule has 0 aliphatic heterocycles. The van der Waals surface area contributed by atoms with Gasteiger partial charge in [-0.2, -0.15) is 0 Å². The summed E-state index contributed by atoms with van der Waals surface area (Å²) >= 11 is 5.90. The van der Waals surface area contributed by atoms with Crippen LogP contribution in [0.15, 0.2) is 53.6 Å². The normalized spacial score (nSPS) is 16.9. The van der Waals surface area contributed by atoms with Crippen molar-refractivity contribution >= 4 is 34.4 Å². The lowest BCUT2D eigenvalue weighted by molar-refractivity contribution is 0.0903. The third kappa shape index (κ3) is 5.85. The summed E-state index contributed by atoms with van der Waals surface area (Å²) in [5, 5.41) is 5.47. The third-order valence-corrected chi connectivity index (χ3v) is 7.77. The van der Waals surface area contributed by atoms with E-state index < -0.39 is 18.0 Å². The Morgan fingerprint density at radius 3 is 2.45 bits per heavy atom. The molecule has 0 spiro atoms. The van der Waals surface area contributed by atoms with E-state index in [2.05, 4.69) is 20.6 Å². The zero-order valence-corrected chi connectivity index (χ0v) is 23.7. The predicted octanol–water partition coefficient (Wildman–Crippen LogP) is 4.53. The Labute approximate surface area is 244 Å². The maximum Gasteiger partial charge on any atom is 0.333 e. The van der Waals surface area contributed by atoms with Crippen molar-refractivity contribution in [2.45, 2.75) is 44.7 Å². The molecule has 1 saturated carbocycles. The van der Waals surface area contributed by atoms with Crippen molar-refractivity contribution in [2.24, 2.45) is 5.92 Å². The third-order valence-electron chi connectivity index (χ3n) is 7.56.